The number of hydrogen-bond donors (Lipinski definition) is 0. The Labute approximate surface area is 127 Å². The zero-order chi connectivity index (χ0) is 14.7. The van der Waals surface area contributed by atoms with Crippen LogP contribution < -0.4 is 4.74 Å². The van der Waals surface area contributed by atoms with Gasteiger partial charge in [-0.3, -0.25) is 4.79 Å². The summed E-state index contributed by atoms with van der Waals surface area (Å²) in [6.45, 7) is 2.64. The van der Waals surface area contributed by atoms with Gasteiger partial charge in [-0.05, 0) is 62.3 Å². The summed E-state index contributed by atoms with van der Waals surface area (Å²) in [5.74, 6) is 3.17. The van der Waals surface area contributed by atoms with E-state index in [1.807, 2.05) is 31.2 Å². The van der Waals surface area contributed by atoms with Crippen LogP contribution >= 0.6 is 0 Å². The molecular weight excluding hydrogens is 260 g/mol. The van der Waals surface area contributed by atoms with E-state index in [9.17, 15) is 4.79 Å². The van der Waals surface area contributed by atoms with Crippen LogP contribution in [0.3, 0.4) is 0 Å². The second kappa shape index (κ2) is 6.64. The van der Waals surface area contributed by atoms with Crippen LogP contribution in [0.25, 0.3) is 0 Å². The first-order valence-electron chi connectivity index (χ1n) is 8.55. The molecule has 1 aromatic rings. The smallest absolute Gasteiger partial charge is 0.165 e. The standard InChI is InChI=1S/C19H26O2/c1-2-21-18-11-9-15(10-12-18)19(20)17-8-7-14-5-3-4-6-16(14)13-17/h9-12,14,16-17H,2-8,13H2,1H3. The molecule has 21 heavy (non-hydrogen) atoms. The molecule has 1 aromatic carbocycles. The van der Waals surface area contributed by atoms with Crippen molar-refractivity contribution in [2.75, 3.05) is 6.61 Å². The SMILES string of the molecule is CCOc1ccc(C(=O)C2CCC3CCCCC3C2)cc1. The molecule has 0 aromatic heterocycles. The van der Waals surface area contributed by atoms with Gasteiger partial charge in [0.25, 0.3) is 0 Å². The normalized spacial score (nSPS) is 28.7. The number of rotatable bonds is 4. The molecule has 0 N–H and O–H groups in total. The number of ether oxygens (including phenoxy) is 1. The van der Waals surface area contributed by atoms with Gasteiger partial charge >= 0.3 is 0 Å². The molecule has 2 heteroatoms. The zero-order valence-electron chi connectivity index (χ0n) is 13.0. The van der Waals surface area contributed by atoms with Gasteiger partial charge in [-0.25, -0.2) is 0 Å². The Kier molecular flexibility index (Phi) is 4.62. The molecule has 0 aliphatic heterocycles. The molecule has 3 atom stereocenters. The Morgan fingerprint density at radius 2 is 1.76 bits per heavy atom. The van der Waals surface area contributed by atoms with Crippen molar-refractivity contribution in [3.8, 4) is 5.75 Å². The molecule has 2 nitrogen and oxygen atoms in total. The van der Waals surface area contributed by atoms with E-state index in [1.54, 1.807) is 0 Å². The van der Waals surface area contributed by atoms with Gasteiger partial charge in [-0.15, -0.1) is 0 Å². The average Bonchev–Trinajstić information content (AvgIpc) is 2.55. The molecule has 0 saturated heterocycles. The lowest BCUT2D eigenvalue weighted by Gasteiger charge is -2.38. The van der Waals surface area contributed by atoms with Crippen LogP contribution in [0.2, 0.25) is 0 Å². The summed E-state index contributed by atoms with van der Waals surface area (Å²) in [5.41, 5.74) is 0.859. The maximum atomic E-state index is 12.7. The second-order valence-electron chi connectivity index (χ2n) is 6.64. The number of benzene rings is 1. The highest BCUT2D eigenvalue weighted by atomic mass is 16.5. The molecule has 3 unspecified atom stereocenters. The van der Waals surface area contributed by atoms with Gasteiger partial charge in [0, 0.05) is 11.5 Å². The highest BCUT2D eigenvalue weighted by Crippen LogP contribution is 2.43. The van der Waals surface area contributed by atoms with Crippen molar-refractivity contribution in [3.05, 3.63) is 29.8 Å². The molecule has 2 saturated carbocycles. The van der Waals surface area contributed by atoms with Crippen molar-refractivity contribution in [2.45, 2.75) is 51.9 Å². The molecular formula is C19H26O2. The maximum Gasteiger partial charge on any atom is 0.165 e. The van der Waals surface area contributed by atoms with Crippen molar-refractivity contribution < 1.29 is 9.53 Å². The fraction of sp³-hybridized carbons (Fsp3) is 0.632. The first-order valence-corrected chi connectivity index (χ1v) is 8.55. The van der Waals surface area contributed by atoms with E-state index < -0.39 is 0 Å². The number of carbonyl (C=O) groups is 1. The minimum Gasteiger partial charge on any atom is -0.494 e. The minimum absolute atomic E-state index is 0.252. The van der Waals surface area contributed by atoms with Crippen LogP contribution in [0.4, 0.5) is 0 Å². The Morgan fingerprint density at radius 3 is 2.48 bits per heavy atom. The molecule has 114 valence electrons. The van der Waals surface area contributed by atoms with E-state index in [0.29, 0.717) is 12.4 Å². The first kappa shape index (κ1) is 14.6. The van der Waals surface area contributed by atoms with Crippen LogP contribution in [0.1, 0.15) is 62.2 Å². The Balaban J connectivity index is 1.64. The van der Waals surface area contributed by atoms with E-state index in [0.717, 1.165) is 36.0 Å². The molecule has 0 heterocycles. The van der Waals surface area contributed by atoms with Crippen LogP contribution in [0.15, 0.2) is 24.3 Å². The van der Waals surface area contributed by atoms with E-state index in [-0.39, 0.29) is 5.92 Å². The minimum atomic E-state index is 0.252. The van der Waals surface area contributed by atoms with E-state index in [1.165, 1.54) is 32.1 Å². The third-order valence-corrected chi connectivity index (χ3v) is 5.36. The molecule has 2 aliphatic carbocycles. The van der Waals surface area contributed by atoms with Crippen LogP contribution in [-0.2, 0) is 0 Å². The summed E-state index contributed by atoms with van der Waals surface area (Å²) in [5, 5.41) is 0. The van der Waals surface area contributed by atoms with Crippen molar-refractivity contribution >= 4 is 5.78 Å². The maximum absolute atomic E-state index is 12.7. The third-order valence-electron chi connectivity index (χ3n) is 5.36. The van der Waals surface area contributed by atoms with Gasteiger partial charge in [-0.2, -0.15) is 0 Å². The Morgan fingerprint density at radius 1 is 1.05 bits per heavy atom. The van der Waals surface area contributed by atoms with Crippen molar-refractivity contribution in [1.29, 1.82) is 0 Å². The van der Waals surface area contributed by atoms with Crippen LogP contribution in [0.5, 0.6) is 5.75 Å². The third kappa shape index (κ3) is 3.30. The zero-order valence-corrected chi connectivity index (χ0v) is 13.0. The lowest BCUT2D eigenvalue weighted by atomic mass is 9.66. The monoisotopic (exact) mass is 286 g/mol. The highest BCUT2D eigenvalue weighted by molar-refractivity contribution is 5.98. The van der Waals surface area contributed by atoms with Crippen molar-refractivity contribution in [3.63, 3.8) is 0 Å². The lowest BCUT2D eigenvalue weighted by molar-refractivity contribution is 0.0763. The van der Waals surface area contributed by atoms with Crippen LogP contribution in [0, 0.1) is 17.8 Å². The topological polar surface area (TPSA) is 26.3 Å². The molecule has 2 aliphatic rings. The Bertz CT molecular complexity index is 477. The fourth-order valence-electron chi connectivity index (χ4n) is 4.23. The van der Waals surface area contributed by atoms with Gasteiger partial charge in [-0.1, -0.05) is 25.7 Å². The largest absolute Gasteiger partial charge is 0.494 e. The molecule has 2 fully saturated rings. The van der Waals surface area contributed by atoms with E-state index in [4.69, 9.17) is 4.74 Å². The second-order valence-corrected chi connectivity index (χ2v) is 6.64. The van der Waals surface area contributed by atoms with Gasteiger partial charge in [0.15, 0.2) is 5.78 Å². The number of hydrogen-bond acceptors (Lipinski definition) is 2. The number of carbonyl (C=O) groups excluding carboxylic acids is 1. The van der Waals surface area contributed by atoms with Gasteiger partial charge in [0.05, 0.1) is 6.61 Å². The van der Waals surface area contributed by atoms with Gasteiger partial charge in [0.1, 0.15) is 5.75 Å². The van der Waals surface area contributed by atoms with Crippen molar-refractivity contribution in [2.24, 2.45) is 17.8 Å². The highest BCUT2D eigenvalue weighted by Gasteiger charge is 2.35. The summed E-state index contributed by atoms with van der Waals surface area (Å²) < 4.78 is 5.45. The van der Waals surface area contributed by atoms with E-state index >= 15 is 0 Å². The molecule has 0 radical (unpaired) electrons. The number of ketones is 1. The number of fused-ring (bicyclic) bond motifs is 1. The molecule has 0 spiro atoms. The fourth-order valence-corrected chi connectivity index (χ4v) is 4.23. The summed E-state index contributed by atoms with van der Waals surface area (Å²) in [4.78, 5) is 12.7. The first-order chi connectivity index (χ1) is 10.3. The average molecular weight is 286 g/mol. The summed E-state index contributed by atoms with van der Waals surface area (Å²) in [6, 6.07) is 7.70. The quantitative estimate of drug-likeness (QED) is 0.738. The molecule has 3 rings (SSSR count). The van der Waals surface area contributed by atoms with Gasteiger partial charge < -0.3 is 4.74 Å². The summed E-state index contributed by atoms with van der Waals surface area (Å²) >= 11 is 0. The lowest BCUT2D eigenvalue weighted by Crippen LogP contribution is -2.31. The predicted molar refractivity (Wildman–Crippen MR) is 84.7 cm³/mol. The van der Waals surface area contributed by atoms with Crippen molar-refractivity contribution in [1.82, 2.24) is 0 Å². The predicted octanol–water partition coefficient (Wildman–Crippen LogP) is 4.87. The van der Waals surface area contributed by atoms with Crippen LogP contribution in [-0.4, -0.2) is 12.4 Å². The Hall–Kier alpha value is -1.31. The molecule has 0 amide bonds. The molecule has 0 bridgehead atoms. The summed E-state index contributed by atoms with van der Waals surface area (Å²) in [6.07, 6.45) is 8.98. The number of Topliss-reactive ketones (excluding diaryl/α,β-unsaturated/α-hetero) is 1. The van der Waals surface area contributed by atoms with Gasteiger partial charge in [0.2, 0.25) is 0 Å². The summed E-state index contributed by atoms with van der Waals surface area (Å²) in [7, 11) is 0. The van der Waals surface area contributed by atoms with E-state index in [2.05, 4.69) is 0 Å².